The van der Waals surface area contributed by atoms with Crippen LogP contribution < -0.4 is 0 Å². The minimum absolute atomic E-state index is 0.105. The average Bonchev–Trinajstić information content (AvgIpc) is 1.21. The highest BCUT2D eigenvalue weighted by Gasteiger charge is 2.30. The normalized spacial score (nSPS) is 13.9. The van der Waals surface area contributed by atoms with Crippen molar-refractivity contribution >= 4 is 39.5 Å². The van der Waals surface area contributed by atoms with Crippen molar-refractivity contribution in [3.63, 3.8) is 0 Å². The first-order valence-corrected chi connectivity index (χ1v) is 44.0. The molecule has 0 fully saturated rings. The standard InChI is InChI=1S/C79H154O17P2/c1-7-9-11-13-15-17-19-21-23-25-26-27-28-30-32-34-38-44-51-57-63-78(83)95-74(67-89-76(81)61-55-49-43-37-33-31-29-24-22-20-18-16-14-12-10-8-2)69-93-97(85,86)91-65-73(80)66-92-98(87,88)94-70-75(68-90-77(82)62-56-50-46-40-42-48-54-60-72(5)6)96-79(84)64-58-52-45-39-35-36-41-47-53-59-71(3)4/h71-75,80H,7-70H2,1-6H3,(H,85,86)(H,87,88)/t73-,74-,75-/m1/s1. The Labute approximate surface area is 600 Å². The van der Waals surface area contributed by atoms with Crippen LogP contribution in [0.15, 0.2) is 0 Å². The van der Waals surface area contributed by atoms with Crippen molar-refractivity contribution in [1.29, 1.82) is 0 Å². The van der Waals surface area contributed by atoms with Gasteiger partial charge in [-0.05, 0) is 37.5 Å². The minimum atomic E-state index is -4.96. The van der Waals surface area contributed by atoms with Crippen molar-refractivity contribution in [3.8, 4) is 0 Å². The number of unbranched alkanes of at least 4 members (excludes halogenated alkanes) is 48. The van der Waals surface area contributed by atoms with Crippen LogP contribution in [-0.2, 0) is 65.4 Å². The first-order chi connectivity index (χ1) is 47.4. The van der Waals surface area contributed by atoms with Crippen LogP contribution in [0.25, 0.3) is 0 Å². The maximum Gasteiger partial charge on any atom is 0.472 e. The molecule has 582 valence electrons. The van der Waals surface area contributed by atoms with Gasteiger partial charge in [0.2, 0.25) is 0 Å². The monoisotopic (exact) mass is 1440 g/mol. The lowest BCUT2D eigenvalue weighted by Gasteiger charge is -2.21. The summed E-state index contributed by atoms with van der Waals surface area (Å²) < 4.78 is 68.6. The number of carbonyl (C=O) groups excluding carboxylic acids is 4. The third kappa shape index (κ3) is 72.4. The van der Waals surface area contributed by atoms with E-state index < -0.39 is 97.5 Å². The van der Waals surface area contributed by atoms with E-state index in [9.17, 15) is 43.2 Å². The number of carbonyl (C=O) groups is 4. The van der Waals surface area contributed by atoms with Crippen molar-refractivity contribution in [2.45, 2.75) is 432 Å². The molecular formula is C79H154O17P2. The predicted octanol–water partition coefficient (Wildman–Crippen LogP) is 23.5. The van der Waals surface area contributed by atoms with Gasteiger partial charge >= 0.3 is 39.5 Å². The molecule has 0 aromatic carbocycles. The topological polar surface area (TPSA) is 237 Å². The van der Waals surface area contributed by atoms with E-state index in [-0.39, 0.29) is 25.7 Å². The van der Waals surface area contributed by atoms with E-state index in [0.29, 0.717) is 31.6 Å². The highest BCUT2D eigenvalue weighted by molar-refractivity contribution is 7.47. The summed E-state index contributed by atoms with van der Waals surface area (Å²) in [5.74, 6) is -0.672. The van der Waals surface area contributed by atoms with Gasteiger partial charge in [0.25, 0.3) is 0 Å². The maximum atomic E-state index is 13.1. The second-order valence-corrected chi connectivity index (χ2v) is 32.3. The zero-order valence-electron chi connectivity index (χ0n) is 64.1. The average molecular weight is 1440 g/mol. The largest absolute Gasteiger partial charge is 0.472 e. The Kier molecular flexibility index (Phi) is 69.3. The number of aliphatic hydroxyl groups excluding tert-OH is 1. The van der Waals surface area contributed by atoms with Gasteiger partial charge in [0, 0.05) is 25.7 Å². The van der Waals surface area contributed by atoms with E-state index in [1.165, 1.54) is 225 Å². The Bertz CT molecular complexity index is 1890. The molecule has 2 unspecified atom stereocenters. The van der Waals surface area contributed by atoms with Gasteiger partial charge in [-0.25, -0.2) is 9.13 Å². The van der Waals surface area contributed by atoms with E-state index in [0.717, 1.165) is 102 Å². The summed E-state index contributed by atoms with van der Waals surface area (Å²) in [6.45, 7) is 9.54. The second kappa shape index (κ2) is 70.7. The van der Waals surface area contributed by atoms with Crippen LogP contribution in [0.3, 0.4) is 0 Å². The van der Waals surface area contributed by atoms with Gasteiger partial charge in [-0.2, -0.15) is 0 Å². The van der Waals surface area contributed by atoms with Gasteiger partial charge in [-0.3, -0.25) is 37.3 Å². The molecule has 0 saturated carbocycles. The molecule has 0 aliphatic carbocycles. The molecule has 98 heavy (non-hydrogen) atoms. The number of esters is 4. The summed E-state index contributed by atoms with van der Waals surface area (Å²) in [4.78, 5) is 72.9. The molecule has 0 aromatic rings. The van der Waals surface area contributed by atoms with E-state index in [2.05, 4.69) is 41.5 Å². The second-order valence-electron chi connectivity index (χ2n) is 29.4. The van der Waals surface area contributed by atoms with Crippen molar-refractivity contribution in [3.05, 3.63) is 0 Å². The molecule has 3 N–H and O–H groups in total. The summed E-state index contributed by atoms with van der Waals surface area (Å²) in [6.07, 6.45) is 59.9. The van der Waals surface area contributed by atoms with E-state index in [1.54, 1.807) is 0 Å². The summed E-state index contributed by atoms with van der Waals surface area (Å²) in [6, 6.07) is 0. The summed E-state index contributed by atoms with van der Waals surface area (Å²) in [7, 11) is -9.92. The third-order valence-corrected chi connectivity index (χ3v) is 20.4. The number of ether oxygens (including phenoxy) is 4. The molecule has 0 spiro atoms. The quantitative estimate of drug-likeness (QED) is 0.0222. The highest BCUT2D eigenvalue weighted by Crippen LogP contribution is 2.45. The van der Waals surface area contributed by atoms with E-state index >= 15 is 0 Å². The number of phosphoric ester groups is 2. The fraction of sp³-hybridized carbons (Fsp3) is 0.949. The molecule has 0 rings (SSSR count). The summed E-state index contributed by atoms with van der Waals surface area (Å²) in [5, 5.41) is 10.6. The molecule has 0 amide bonds. The summed E-state index contributed by atoms with van der Waals surface area (Å²) >= 11 is 0. The van der Waals surface area contributed by atoms with Crippen LogP contribution in [0.2, 0.25) is 0 Å². The van der Waals surface area contributed by atoms with Gasteiger partial charge in [0.05, 0.1) is 26.4 Å². The third-order valence-electron chi connectivity index (χ3n) is 18.5. The van der Waals surface area contributed by atoms with Crippen LogP contribution in [0.5, 0.6) is 0 Å². The zero-order valence-corrected chi connectivity index (χ0v) is 65.9. The van der Waals surface area contributed by atoms with Crippen molar-refractivity contribution < 1.29 is 80.2 Å². The first kappa shape index (κ1) is 96.1. The number of hydrogen-bond acceptors (Lipinski definition) is 15. The molecular weight excluding hydrogens is 1280 g/mol. The Morgan fingerprint density at radius 2 is 0.469 bits per heavy atom. The maximum absolute atomic E-state index is 13.1. The summed E-state index contributed by atoms with van der Waals surface area (Å²) in [5.41, 5.74) is 0. The van der Waals surface area contributed by atoms with Crippen molar-refractivity contribution in [2.75, 3.05) is 39.6 Å². The molecule has 0 bridgehead atoms. The molecule has 17 nitrogen and oxygen atoms in total. The Morgan fingerprint density at radius 1 is 0.276 bits per heavy atom. The van der Waals surface area contributed by atoms with E-state index in [4.69, 9.17) is 37.0 Å². The fourth-order valence-electron chi connectivity index (χ4n) is 12.2. The Morgan fingerprint density at radius 3 is 0.694 bits per heavy atom. The fourth-order valence-corrected chi connectivity index (χ4v) is 13.8. The molecule has 5 atom stereocenters. The molecule has 0 radical (unpaired) electrons. The highest BCUT2D eigenvalue weighted by atomic mass is 31.2. The smallest absolute Gasteiger partial charge is 0.462 e. The molecule has 0 saturated heterocycles. The van der Waals surface area contributed by atoms with Gasteiger partial charge in [0.15, 0.2) is 12.2 Å². The predicted molar refractivity (Wildman–Crippen MR) is 400 cm³/mol. The first-order valence-electron chi connectivity index (χ1n) is 41.0. The van der Waals surface area contributed by atoms with Gasteiger partial charge in [0.1, 0.15) is 19.3 Å². The number of phosphoric acid groups is 2. The van der Waals surface area contributed by atoms with Crippen LogP contribution in [0.1, 0.15) is 414 Å². The van der Waals surface area contributed by atoms with Gasteiger partial charge in [-0.15, -0.1) is 0 Å². The van der Waals surface area contributed by atoms with Crippen LogP contribution in [0.4, 0.5) is 0 Å². The molecule has 0 aliphatic rings. The van der Waals surface area contributed by atoms with Crippen LogP contribution in [-0.4, -0.2) is 96.7 Å². The lowest BCUT2D eigenvalue weighted by atomic mass is 10.0. The lowest BCUT2D eigenvalue weighted by molar-refractivity contribution is -0.161. The number of rotatable bonds is 78. The SMILES string of the molecule is CCCCCCCCCCCCCCCCCCCCCCC(=O)O[C@H](COC(=O)CCCCCCCCCCCCCCCCCC)COP(=O)(O)OC[C@@H](O)COP(=O)(O)OC[C@@H](COC(=O)CCCCCCCCCC(C)C)OC(=O)CCCCCCCCCCCC(C)C. The number of aliphatic hydroxyl groups is 1. The van der Waals surface area contributed by atoms with Crippen LogP contribution in [0, 0.1) is 11.8 Å². The van der Waals surface area contributed by atoms with Crippen LogP contribution >= 0.6 is 15.6 Å². The van der Waals surface area contributed by atoms with Gasteiger partial charge in [-0.1, -0.05) is 363 Å². The number of hydrogen-bond donors (Lipinski definition) is 3. The van der Waals surface area contributed by atoms with Gasteiger partial charge < -0.3 is 33.8 Å². The molecule has 0 aromatic heterocycles. The molecule has 0 heterocycles. The minimum Gasteiger partial charge on any atom is -0.462 e. The Balaban J connectivity index is 5.22. The lowest BCUT2D eigenvalue weighted by Crippen LogP contribution is -2.30. The van der Waals surface area contributed by atoms with E-state index in [1.807, 2.05) is 0 Å². The van der Waals surface area contributed by atoms with Crippen molar-refractivity contribution in [1.82, 2.24) is 0 Å². The Hall–Kier alpha value is -1.94. The molecule has 19 heteroatoms. The van der Waals surface area contributed by atoms with Crippen molar-refractivity contribution in [2.24, 2.45) is 11.8 Å². The molecule has 0 aliphatic heterocycles. The zero-order chi connectivity index (χ0) is 72.1.